The Balaban J connectivity index is 2.33. The third kappa shape index (κ3) is 2.27. The van der Waals surface area contributed by atoms with Gasteiger partial charge < -0.3 is 15.4 Å². The Morgan fingerprint density at radius 2 is 2.00 bits per heavy atom. The van der Waals surface area contributed by atoms with Gasteiger partial charge >= 0.3 is 0 Å². The molecule has 0 saturated carbocycles. The van der Waals surface area contributed by atoms with Crippen molar-refractivity contribution < 1.29 is 4.74 Å². The number of nitrogen functional groups attached to an aromatic ring is 1. The summed E-state index contributed by atoms with van der Waals surface area (Å²) in [4.78, 5) is 5.97. The summed E-state index contributed by atoms with van der Waals surface area (Å²) in [6.45, 7) is 2.97. The van der Waals surface area contributed by atoms with Crippen molar-refractivity contribution in [1.82, 2.24) is 4.98 Å². The maximum absolute atomic E-state index is 5.86. The van der Waals surface area contributed by atoms with Crippen LogP contribution in [0.2, 0.25) is 10.3 Å². The maximum Gasteiger partial charge on any atom is 0.155 e. The molecule has 0 aliphatic carbocycles. The Hall–Kier alpha value is -0.710. The molecule has 2 rings (SSSR count). The molecule has 1 aromatic rings. The van der Waals surface area contributed by atoms with E-state index in [1.54, 1.807) is 6.07 Å². The number of anilines is 2. The lowest BCUT2D eigenvalue weighted by atomic mass is 10.3. The molecular formula is C9H11Cl2N3O. The van der Waals surface area contributed by atoms with Crippen molar-refractivity contribution in [2.24, 2.45) is 0 Å². The van der Waals surface area contributed by atoms with Gasteiger partial charge in [-0.2, -0.15) is 0 Å². The molecule has 4 nitrogen and oxygen atoms in total. The summed E-state index contributed by atoms with van der Waals surface area (Å²) < 4.78 is 5.26. The van der Waals surface area contributed by atoms with Crippen molar-refractivity contribution in [2.75, 3.05) is 36.9 Å². The normalized spacial score (nSPS) is 16.8. The van der Waals surface area contributed by atoms with Crippen LogP contribution in [0, 0.1) is 0 Å². The molecule has 0 aromatic carbocycles. The van der Waals surface area contributed by atoms with Crippen LogP contribution in [0.3, 0.4) is 0 Å². The highest BCUT2D eigenvalue weighted by molar-refractivity contribution is 6.35. The van der Waals surface area contributed by atoms with Crippen LogP contribution in [0.15, 0.2) is 6.07 Å². The quantitative estimate of drug-likeness (QED) is 0.770. The first-order valence-electron chi connectivity index (χ1n) is 4.62. The van der Waals surface area contributed by atoms with Gasteiger partial charge in [0.05, 0.1) is 24.6 Å². The SMILES string of the molecule is Nc1c(N2CCOCC2)cc(Cl)nc1Cl. The zero-order chi connectivity index (χ0) is 10.8. The van der Waals surface area contributed by atoms with E-state index >= 15 is 0 Å². The number of morpholine rings is 1. The molecule has 0 spiro atoms. The highest BCUT2D eigenvalue weighted by Gasteiger charge is 2.16. The first-order chi connectivity index (χ1) is 7.18. The smallest absolute Gasteiger partial charge is 0.155 e. The summed E-state index contributed by atoms with van der Waals surface area (Å²) in [5, 5.41) is 0.611. The minimum absolute atomic E-state index is 0.254. The van der Waals surface area contributed by atoms with E-state index < -0.39 is 0 Å². The van der Waals surface area contributed by atoms with E-state index in [2.05, 4.69) is 9.88 Å². The lowest BCUT2D eigenvalue weighted by Gasteiger charge is -2.29. The van der Waals surface area contributed by atoms with Gasteiger partial charge in [-0.1, -0.05) is 23.2 Å². The first-order valence-corrected chi connectivity index (χ1v) is 5.38. The van der Waals surface area contributed by atoms with Crippen molar-refractivity contribution in [2.45, 2.75) is 0 Å². The van der Waals surface area contributed by atoms with Crippen LogP contribution in [-0.4, -0.2) is 31.3 Å². The fourth-order valence-electron chi connectivity index (χ4n) is 1.55. The molecule has 1 fully saturated rings. The number of halogens is 2. The molecule has 1 aliphatic rings. The van der Waals surface area contributed by atoms with Gasteiger partial charge in [0.2, 0.25) is 0 Å². The standard InChI is InChI=1S/C9H11Cl2N3O/c10-7-5-6(8(12)9(11)13-7)14-1-3-15-4-2-14/h5H,1-4,12H2. The van der Waals surface area contributed by atoms with Gasteiger partial charge in [0.1, 0.15) is 5.15 Å². The second-order valence-corrected chi connectivity index (χ2v) is 4.01. The fraction of sp³-hybridized carbons (Fsp3) is 0.444. The molecule has 0 atom stereocenters. The van der Waals surface area contributed by atoms with Gasteiger partial charge in [0.15, 0.2) is 5.15 Å². The molecule has 82 valence electrons. The molecular weight excluding hydrogens is 237 g/mol. The lowest BCUT2D eigenvalue weighted by molar-refractivity contribution is 0.123. The predicted molar refractivity (Wildman–Crippen MR) is 61.7 cm³/mol. The third-order valence-corrected chi connectivity index (χ3v) is 2.79. The average molecular weight is 248 g/mol. The number of hydrogen-bond acceptors (Lipinski definition) is 4. The van der Waals surface area contributed by atoms with Crippen molar-refractivity contribution in [3.63, 3.8) is 0 Å². The lowest BCUT2D eigenvalue weighted by Crippen LogP contribution is -2.36. The number of nitrogens with zero attached hydrogens (tertiary/aromatic N) is 2. The van der Waals surface area contributed by atoms with Crippen molar-refractivity contribution in [3.8, 4) is 0 Å². The Morgan fingerprint density at radius 1 is 1.33 bits per heavy atom. The molecule has 2 N–H and O–H groups in total. The van der Waals surface area contributed by atoms with Gasteiger partial charge in [0.25, 0.3) is 0 Å². The van der Waals surface area contributed by atoms with Crippen LogP contribution in [0.25, 0.3) is 0 Å². The molecule has 0 bridgehead atoms. The van der Waals surface area contributed by atoms with Gasteiger partial charge in [-0.15, -0.1) is 0 Å². The Bertz CT molecular complexity index is 367. The van der Waals surface area contributed by atoms with Crippen LogP contribution in [0.4, 0.5) is 11.4 Å². The number of pyridine rings is 1. The number of hydrogen-bond donors (Lipinski definition) is 1. The van der Waals surface area contributed by atoms with Gasteiger partial charge in [-0.3, -0.25) is 0 Å². The summed E-state index contributed by atoms with van der Waals surface area (Å²) in [5.74, 6) is 0. The van der Waals surface area contributed by atoms with Gasteiger partial charge in [0, 0.05) is 19.2 Å². The zero-order valence-electron chi connectivity index (χ0n) is 8.04. The molecule has 1 aliphatic heterocycles. The number of ether oxygens (including phenoxy) is 1. The molecule has 2 heterocycles. The van der Waals surface area contributed by atoms with Gasteiger partial charge in [-0.05, 0) is 0 Å². The second kappa shape index (κ2) is 4.43. The van der Waals surface area contributed by atoms with Gasteiger partial charge in [-0.25, -0.2) is 4.98 Å². The predicted octanol–water partition coefficient (Wildman–Crippen LogP) is 1.81. The Kier molecular flexibility index (Phi) is 3.19. The Morgan fingerprint density at radius 3 is 2.67 bits per heavy atom. The molecule has 6 heteroatoms. The summed E-state index contributed by atoms with van der Waals surface area (Å²) in [6.07, 6.45) is 0. The largest absolute Gasteiger partial charge is 0.395 e. The number of aromatic nitrogens is 1. The highest BCUT2D eigenvalue weighted by Crippen LogP contribution is 2.31. The summed E-state index contributed by atoms with van der Waals surface area (Å²) in [5.41, 5.74) is 7.16. The minimum atomic E-state index is 0.254. The van der Waals surface area contributed by atoms with Crippen molar-refractivity contribution in [3.05, 3.63) is 16.4 Å². The van der Waals surface area contributed by atoms with Crippen molar-refractivity contribution in [1.29, 1.82) is 0 Å². The van der Waals surface area contributed by atoms with E-state index in [1.165, 1.54) is 0 Å². The molecule has 1 saturated heterocycles. The minimum Gasteiger partial charge on any atom is -0.395 e. The third-order valence-electron chi connectivity index (χ3n) is 2.31. The molecule has 0 unspecified atom stereocenters. The summed E-state index contributed by atoms with van der Waals surface area (Å²) in [6, 6.07) is 1.73. The number of rotatable bonds is 1. The molecule has 0 radical (unpaired) electrons. The fourth-order valence-corrected chi connectivity index (χ4v) is 1.97. The zero-order valence-corrected chi connectivity index (χ0v) is 9.55. The summed E-state index contributed by atoms with van der Waals surface area (Å²) in [7, 11) is 0. The van der Waals surface area contributed by atoms with Crippen LogP contribution in [-0.2, 0) is 4.74 Å². The topological polar surface area (TPSA) is 51.4 Å². The molecule has 1 aromatic heterocycles. The Labute approximate surface area is 97.9 Å². The average Bonchev–Trinajstić information content (AvgIpc) is 2.24. The second-order valence-electron chi connectivity index (χ2n) is 3.27. The molecule has 15 heavy (non-hydrogen) atoms. The van der Waals surface area contributed by atoms with E-state index in [0.29, 0.717) is 24.1 Å². The van der Waals surface area contributed by atoms with Crippen LogP contribution >= 0.6 is 23.2 Å². The molecule has 0 amide bonds. The van der Waals surface area contributed by atoms with Crippen molar-refractivity contribution >= 4 is 34.6 Å². The monoisotopic (exact) mass is 247 g/mol. The van der Waals surface area contributed by atoms with E-state index in [1.807, 2.05) is 0 Å². The van der Waals surface area contributed by atoms with E-state index in [9.17, 15) is 0 Å². The van der Waals surface area contributed by atoms with E-state index in [0.717, 1.165) is 18.8 Å². The van der Waals surface area contributed by atoms with Crippen LogP contribution in [0.1, 0.15) is 0 Å². The van der Waals surface area contributed by atoms with E-state index in [4.69, 9.17) is 33.7 Å². The maximum atomic E-state index is 5.86. The highest BCUT2D eigenvalue weighted by atomic mass is 35.5. The number of nitrogens with two attached hydrogens (primary N) is 1. The van der Waals surface area contributed by atoms with E-state index in [-0.39, 0.29) is 5.15 Å². The van der Waals surface area contributed by atoms with Crippen LogP contribution < -0.4 is 10.6 Å². The summed E-state index contributed by atoms with van der Waals surface area (Å²) >= 11 is 11.7. The first kappa shape index (κ1) is 10.8. The van der Waals surface area contributed by atoms with Crippen LogP contribution in [0.5, 0.6) is 0 Å².